The predicted octanol–water partition coefficient (Wildman–Crippen LogP) is 3.50. The molecule has 2 fully saturated rings. The third-order valence-corrected chi connectivity index (χ3v) is 5.76. The highest BCUT2D eigenvalue weighted by molar-refractivity contribution is 14.1. The summed E-state index contributed by atoms with van der Waals surface area (Å²) in [5.74, 6) is -1.18. The zero-order chi connectivity index (χ0) is 19.8. The number of alkyl halides is 3. The van der Waals surface area contributed by atoms with Crippen LogP contribution in [0.3, 0.4) is 0 Å². The molecule has 10 heteroatoms. The minimum absolute atomic E-state index is 0.0186. The highest BCUT2D eigenvalue weighted by atomic mass is 127. The van der Waals surface area contributed by atoms with Crippen LogP contribution < -0.4 is 10.6 Å². The van der Waals surface area contributed by atoms with Gasteiger partial charge in [0.15, 0.2) is 0 Å². The molecule has 2 N–H and O–H groups in total. The maximum atomic E-state index is 12.8. The second kappa shape index (κ2) is 7.28. The van der Waals surface area contributed by atoms with Gasteiger partial charge < -0.3 is 10.6 Å². The van der Waals surface area contributed by atoms with Gasteiger partial charge in [-0.3, -0.25) is 14.5 Å². The number of carbonyl (C=O) groups excluding carboxylic acids is 3. The first-order valence-corrected chi connectivity index (χ1v) is 9.51. The van der Waals surface area contributed by atoms with Crippen LogP contribution in [0.2, 0.25) is 0 Å². The summed E-state index contributed by atoms with van der Waals surface area (Å²) in [6, 6.07) is 2.34. The molecular weight excluding hydrogens is 478 g/mol. The standard InChI is InChI=1S/C17H17F3IN3O3/c18-17(19,20)10-4-5-11(21)12(8-10)22-13(25)9-24-14(26)16(23-15(24)27)6-2-1-3-7-16/h4-5,8H,1-3,6-7,9H2,(H,22,25)(H,23,27). The third kappa shape index (κ3) is 4.04. The van der Waals surface area contributed by atoms with Gasteiger partial charge in [0, 0.05) is 3.57 Å². The van der Waals surface area contributed by atoms with Gasteiger partial charge in [-0.15, -0.1) is 0 Å². The Bertz CT molecular complexity index is 791. The van der Waals surface area contributed by atoms with Crippen LogP contribution in [-0.2, 0) is 15.8 Å². The van der Waals surface area contributed by atoms with E-state index in [4.69, 9.17) is 0 Å². The van der Waals surface area contributed by atoms with Crippen molar-refractivity contribution < 1.29 is 27.6 Å². The van der Waals surface area contributed by atoms with Crippen LogP contribution in [0.25, 0.3) is 0 Å². The minimum Gasteiger partial charge on any atom is -0.324 e. The van der Waals surface area contributed by atoms with E-state index >= 15 is 0 Å². The Morgan fingerprint density at radius 3 is 2.52 bits per heavy atom. The van der Waals surface area contributed by atoms with Crippen molar-refractivity contribution in [3.05, 3.63) is 27.3 Å². The molecule has 1 aromatic rings. The normalized spacial score (nSPS) is 19.3. The number of rotatable bonds is 3. The van der Waals surface area contributed by atoms with Crippen molar-refractivity contribution in [2.45, 2.75) is 43.8 Å². The summed E-state index contributed by atoms with van der Waals surface area (Å²) in [6.45, 7) is -0.543. The Morgan fingerprint density at radius 2 is 1.89 bits per heavy atom. The number of hydrogen-bond acceptors (Lipinski definition) is 3. The van der Waals surface area contributed by atoms with E-state index in [0.717, 1.165) is 36.3 Å². The van der Waals surface area contributed by atoms with Crippen LogP contribution in [0.4, 0.5) is 23.7 Å². The van der Waals surface area contributed by atoms with E-state index in [0.29, 0.717) is 16.4 Å². The average molecular weight is 495 g/mol. The number of carbonyl (C=O) groups is 3. The van der Waals surface area contributed by atoms with Crippen molar-refractivity contribution in [3.8, 4) is 0 Å². The van der Waals surface area contributed by atoms with Crippen LogP contribution >= 0.6 is 22.6 Å². The molecule has 3 rings (SSSR count). The van der Waals surface area contributed by atoms with E-state index in [1.807, 2.05) is 0 Å². The molecule has 1 aromatic carbocycles. The SMILES string of the molecule is O=C(CN1C(=O)NC2(CCCCC2)C1=O)Nc1cc(C(F)(F)F)ccc1I. The summed E-state index contributed by atoms with van der Waals surface area (Å²) in [5, 5.41) is 5.05. The summed E-state index contributed by atoms with van der Waals surface area (Å²) in [5.41, 5.74) is -1.86. The third-order valence-electron chi connectivity index (χ3n) is 4.82. The van der Waals surface area contributed by atoms with Crippen LogP contribution in [0.15, 0.2) is 18.2 Å². The van der Waals surface area contributed by atoms with Crippen LogP contribution in [0.5, 0.6) is 0 Å². The number of amides is 4. The summed E-state index contributed by atoms with van der Waals surface area (Å²) in [4.78, 5) is 37.9. The minimum atomic E-state index is -4.54. The van der Waals surface area contributed by atoms with Gasteiger partial charge in [-0.25, -0.2) is 4.79 Å². The molecule has 1 aliphatic carbocycles. The van der Waals surface area contributed by atoms with Gasteiger partial charge >= 0.3 is 12.2 Å². The van der Waals surface area contributed by atoms with Crippen molar-refractivity contribution in [3.63, 3.8) is 0 Å². The number of nitrogens with one attached hydrogen (secondary N) is 2. The van der Waals surface area contributed by atoms with Gasteiger partial charge in [-0.05, 0) is 53.6 Å². The first kappa shape index (κ1) is 19.9. The summed E-state index contributed by atoms with van der Waals surface area (Å²) >= 11 is 1.80. The molecule has 146 valence electrons. The van der Waals surface area contributed by atoms with Gasteiger partial charge in [0.1, 0.15) is 12.1 Å². The lowest BCUT2D eigenvalue weighted by Gasteiger charge is -2.30. The van der Waals surface area contributed by atoms with Crippen molar-refractivity contribution >= 4 is 46.1 Å². The Hall–Kier alpha value is -1.85. The maximum absolute atomic E-state index is 12.8. The molecular formula is C17H17F3IN3O3. The Morgan fingerprint density at radius 1 is 1.22 bits per heavy atom. The van der Waals surface area contributed by atoms with Gasteiger partial charge in [0.25, 0.3) is 5.91 Å². The Kier molecular flexibility index (Phi) is 5.37. The first-order chi connectivity index (χ1) is 12.6. The molecule has 27 heavy (non-hydrogen) atoms. The number of hydrogen-bond donors (Lipinski definition) is 2. The molecule has 4 amide bonds. The molecule has 6 nitrogen and oxygen atoms in total. The maximum Gasteiger partial charge on any atom is 0.416 e. The number of urea groups is 1. The van der Waals surface area contributed by atoms with Crippen molar-refractivity contribution in [2.24, 2.45) is 0 Å². The Balaban J connectivity index is 1.71. The molecule has 1 heterocycles. The fourth-order valence-corrected chi connectivity index (χ4v) is 3.92. The summed E-state index contributed by atoms with van der Waals surface area (Å²) < 4.78 is 39.0. The number of nitrogens with zero attached hydrogens (tertiary/aromatic N) is 1. The molecule has 1 saturated heterocycles. The molecule has 1 spiro atoms. The fourth-order valence-electron chi connectivity index (χ4n) is 3.44. The summed E-state index contributed by atoms with van der Waals surface area (Å²) in [6.07, 6.45) is -0.868. The van der Waals surface area contributed by atoms with Gasteiger partial charge in [-0.1, -0.05) is 19.3 Å². The van der Waals surface area contributed by atoms with Gasteiger partial charge in [0.2, 0.25) is 5.91 Å². The largest absolute Gasteiger partial charge is 0.416 e. The molecule has 0 bridgehead atoms. The lowest BCUT2D eigenvalue weighted by atomic mass is 9.82. The van der Waals surface area contributed by atoms with E-state index in [-0.39, 0.29) is 5.69 Å². The molecule has 2 aliphatic rings. The highest BCUT2D eigenvalue weighted by Gasteiger charge is 2.51. The zero-order valence-corrected chi connectivity index (χ0v) is 16.3. The zero-order valence-electron chi connectivity index (χ0n) is 14.2. The number of anilines is 1. The van der Waals surface area contributed by atoms with Gasteiger partial charge in [-0.2, -0.15) is 13.2 Å². The number of benzene rings is 1. The van der Waals surface area contributed by atoms with E-state index in [1.54, 1.807) is 22.6 Å². The van der Waals surface area contributed by atoms with Crippen molar-refractivity contribution in [1.29, 1.82) is 0 Å². The number of imide groups is 1. The highest BCUT2D eigenvalue weighted by Crippen LogP contribution is 2.34. The monoisotopic (exact) mass is 495 g/mol. The smallest absolute Gasteiger partial charge is 0.324 e. The predicted molar refractivity (Wildman–Crippen MR) is 98.9 cm³/mol. The van der Waals surface area contributed by atoms with Crippen LogP contribution in [-0.4, -0.2) is 34.8 Å². The topological polar surface area (TPSA) is 78.5 Å². The van der Waals surface area contributed by atoms with Gasteiger partial charge in [0.05, 0.1) is 11.3 Å². The lowest BCUT2D eigenvalue weighted by molar-refractivity contribution is -0.137. The molecule has 1 aliphatic heterocycles. The lowest BCUT2D eigenvalue weighted by Crippen LogP contribution is -2.48. The van der Waals surface area contributed by atoms with Crippen molar-refractivity contribution in [2.75, 3.05) is 11.9 Å². The second-order valence-electron chi connectivity index (χ2n) is 6.70. The van der Waals surface area contributed by atoms with E-state index in [9.17, 15) is 27.6 Å². The fraction of sp³-hybridized carbons (Fsp3) is 0.471. The first-order valence-electron chi connectivity index (χ1n) is 8.43. The molecule has 0 aromatic heterocycles. The average Bonchev–Trinajstić information content (AvgIpc) is 2.80. The van der Waals surface area contributed by atoms with Crippen molar-refractivity contribution in [1.82, 2.24) is 10.2 Å². The quantitative estimate of drug-likeness (QED) is 0.498. The molecule has 0 atom stereocenters. The molecule has 0 unspecified atom stereocenters. The number of halogens is 4. The molecule has 1 saturated carbocycles. The van der Waals surface area contributed by atoms with Crippen LogP contribution in [0.1, 0.15) is 37.7 Å². The van der Waals surface area contributed by atoms with E-state index in [2.05, 4.69) is 10.6 Å². The van der Waals surface area contributed by atoms with E-state index in [1.165, 1.54) is 6.07 Å². The van der Waals surface area contributed by atoms with E-state index < -0.39 is 41.7 Å². The van der Waals surface area contributed by atoms with Crippen LogP contribution in [0, 0.1) is 3.57 Å². The second-order valence-corrected chi connectivity index (χ2v) is 7.87. The molecule has 0 radical (unpaired) electrons. The Labute approximate surface area is 167 Å². The summed E-state index contributed by atoms with van der Waals surface area (Å²) in [7, 11) is 0.